The highest BCUT2D eigenvalue weighted by atomic mass is 16.3. The van der Waals surface area contributed by atoms with Gasteiger partial charge in [0, 0.05) is 0 Å². The Morgan fingerprint density at radius 2 is 1.76 bits per heavy atom. The molecule has 1 aromatic carbocycles. The first-order valence-electron chi connectivity index (χ1n) is 5.94. The number of furan rings is 1. The van der Waals surface area contributed by atoms with Crippen molar-refractivity contribution in [3.63, 3.8) is 0 Å². The molecule has 17 heavy (non-hydrogen) atoms. The van der Waals surface area contributed by atoms with Crippen molar-refractivity contribution in [2.45, 2.75) is 33.2 Å². The van der Waals surface area contributed by atoms with Crippen molar-refractivity contribution in [1.82, 2.24) is 0 Å². The fraction of sp³-hybridized carbons (Fsp3) is 0.333. The highest BCUT2D eigenvalue weighted by Crippen LogP contribution is 2.21. The van der Waals surface area contributed by atoms with Crippen molar-refractivity contribution in [2.24, 2.45) is 5.73 Å². The van der Waals surface area contributed by atoms with Crippen LogP contribution < -0.4 is 5.73 Å². The van der Waals surface area contributed by atoms with E-state index < -0.39 is 0 Å². The van der Waals surface area contributed by atoms with E-state index in [9.17, 15) is 0 Å². The molecule has 0 bridgehead atoms. The summed E-state index contributed by atoms with van der Waals surface area (Å²) in [6, 6.07) is 10.4. The summed E-state index contributed by atoms with van der Waals surface area (Å²) in [4.78, 5) is 0. The minimum Gasteiger partial charge on any atom is -0.464 e. The highest BCUT2D eigenvalue weighted by molar-refractivity contribution is 5.25. The molecule has 1 atom stereocenters. The van der Waals surface area contributed by atoms with E-state index in [0.717, 1.165) is 17.9 Å². The zero-order valence-electron chi connectivity index (χ0n) is 10.7. The molecule has 2 N–H and O–H groups in total. The Bertz CT molecular complexity index is 477. The molecule has 0 radical (unpaired) electrons. The monoisotopic (exact) mass is 229 g/mol. The number of nitrogens with two attached hydrogens (primary N) is 1. The first kappa shape index (κ1) is 11.9. The van der Waals surface area contributed by atoms with E-state index in [2.05, 4.69) is 31.2 Å². The van der Waals surface area contributed by atoms with Gasteiger partial charge in [-0.1, -0.05) is 29.8 Å². The topological polar surface area (TPSA) is 39.2 Å². The Hall–Kier alpha value is -1.54. The van der Waals surface area contributed by atoms with E-state index in [-0.39, 0.29) is 6.04 Å². The maximum Gasteiger partial charge on any atom is 0.121 e. The van der Waals surface area contributed by atoms with Crippen LogP contribution in [0.15, 0.2) is 34.7 Å². The van der Waals surface area contributed by atoms with Gasteiger partial charge < -0.3 is 10.2 Å². The normalized spacial score (nSPS) is 12.7. The molecule has 90 valence electrons. The summed E-state index contributed by atoms with van der Waals surface area (Å²) in [5, 5.41) is 0. The predicted octanol–water partition coefficient (Wildman–Crippen LogP) is 3.45. The van der Waals surface area contributed by atoms with Crippen LogP contribution in [0.1, 0.15) is 34.3 Å². The van der Waals surface area contributed by atoms with Gasteiger partial charge in [0.05, 0.1) is 6.04 Å². The van der Waals surface area contributed by atoms with Crippen LogP contribution in [0.4, 0.5) is 0 Å². The first-order valence-corrected chi connectivity index (χ1v) is 5.94. The van der Waals surface area contributed by atoms with Crippen molar-refractivity contribution in [3.8, 4) is 0 Å². The SMILES string of the molecule is Cc1ccc(CC(N)c2cc(C)c(C)o2)cc1. The van der Waals surface area contributed by atoms with Gasteiger partial charge >= 0.3 is 0 Å². The lowest BCUT2D eigenvalue weighted by Gasteiger charge is -2.08. The minimum absolute atomic E-state index is 0.0647. The molecule has 1 unspecified atom stereocenters. The van der Waals surface area contributed by atoms with Gasteiger partial charge in [0.15, 0.2) is 0 Å². The lowest BCUT2D eigenvalue weighted by molar-refractivity contribution is 0.444. The number of rotatable bonds is 3. The Kier molecular flexibility index (Phi) is 3.34. The summed E-state index contributed by atoms with van der Waals surface area (Å²) < 4.78 is 5.65. The summed E-state index contributed by atoms with van der Waals surface area (Å²) >= 11 is 0. The van der Waals surface area contributed by atoms with Crippen LogP contribution >= 0.6 is 0 Å². The van der Waals surface area contributed by atoms with Gasteiger partial charge in [-0.15, -0.1) is 0 Å². The molecule has 2 heteroatoms. The number of aryl methyl sites for hydroxylation is 3. The van der Waals surface area contributed by atoms with Gasteiger partial charge in [-0.3, -0.25) is 0 Å². The van der Waals surface area contributed by atoms with E-state index in [1.54, 1.807) is 0 Å². The van der Waals surface area contributed by atoms with Crippen LogP contribution in [0.5, 0.6) is 0 Å². The second-order valence-corrected chi connectivity index (χ2v) is 4.68. The van der Waals surface area contributed by atoms with Gasteiger partial charge in [-0.05, 0) is 44.4 Å². The second kappa shape index (κ2) is 4.76. The Balaban J connectivity index is 2.11. The molecule has 0 amide bonds. The smallest absolute Gasteiger partial charge is 0.121 e. The van der Waals surface area contributed by atoms with E-state index in [0.29, 0.717) is 0 Å². The molecule has 0 aliphatic carbocycles. The summed E-state index contributed by atoms with van der Waals surface area (Å²) in [5.41, 5.74) is 9.84. The van der Waals surface area contributed by atoms with E-state index in [1.165, 1.54) is 16.7 Å². The molecule has 1 aromatic heterocycles. The van der Waals surface area contributed by atoms with Crippen molar-refractivity contribution in [3.05, 3.63) is 58.5 Å². The van der Waals surface area contributed by atoms with Crippen LogP contribution in [0.3, 0.4) is 0 Å². The van der Waals surface area contributed by atoms with Gasteiger partial charge in [0.1, 0.15) is 11.5 Å². The molecular formula is C15H19NO. The van der Waals surface area contributed by atoms with Crippen LogP contribution in [-0.4, -0.2) is 0 Å². The molecule has 0 aliphatic heterocycles. The number of benzene rings is 1. The zero-order chi connectivity index (χ0) is 12.4. The average molecular weight is 229 g/mol. The molecular weight excluding hydrogens is 210 g/mol. The van der Waals surface area contributed by atoms with Gasteiger partial charge in [-0.25, -0.2) is 0 Å². The fourth-order valence-electron chi connectivity index (χ4n) is 1.86. The molecule has 0 saturated carbocycles. The third kappa shape index (κ3) is 2.77. The van der Waals surface area contributed by atoms with Crippen molar-refractivity contribution >= 4 is 0 Å². The van der Waals surface area contributed by atoms with E-state index in [4.69, 9.17) is 10.2 Å². The molecule has 2 nitrogen and oxygen atoms in total. The van der Waals surface area contributed by atoms with Crippen molar-refractivity contribution in [2.75, 3.05) is 0 Å². The molecule has 0 spiro atoms. The third-order valence-corrected chi connectivity index (χ3v) is 3.13. The van der Waals surface area contributed by atoms with E-state index in [1.807, 2.05) is 19.9 Å². The predicted molar refractivity (Wildman–Crippen MR) is 70.0 cm³/mol. The maximum atomic E-state index is 6.15. The molecule has 0 saturated heterocycles. The molecule has 2 aromatic rings. The van der Waals surface area contributed by atoms with Gasteiger partial charge in [-0.2, -0.15) is 0 Å². The Labute approximate surface area is 102 Å². The second-order valence-electron chi connectivity index (χ2n) is 4.68. The fourth-order valence-corrected chi connectivity index (χ4v) is 1.86. The summed E-state index contributed by atoms with van der Waals surface area (Å²) in [5.74, 6) is 1.83. The molecule has 0 fully saturated rings. The third-order valence-electron chi connectivity index (χ3n) is 3.13. The number of hydrogen-bond donors (Lipinski definition) is 1. The van der Waals surface area contributed by atoms with Gasteiger partial charge in [0.2, 0.25) is 0 Å². The molecule has 1 heterocycles. The standard InChI is InChI=1S/C15H19NO/c1-10-4-6-13(7-5-10)9-14(16)15-8-11(2)12(3)17-15/h4-8,14H,9,16H2,1-3H3. The largest absolute Gasteiger partial charge is 0.464 e. The van der Waals surface area contributed by atoms with Gasteiger partial charge in [0.25, 0.3) is 0 Å². The summed E-state index contributed by atoms with van der Waals surface area (Å²) in [6.45, 7) is 6.10. The van der Waals surface area contributed by atoms with Crippen LogP contribution in [0, 0.1) is 20.8 Å². The quantitative estimate of drug-likeness (QED) is 0.875. The zero-order valence-corrected chi connectivity index (χ0v) is 10.7. The van der Waals surface area contributed by atoms with Crippen molar-refractivity contribution < 1.29 is 4.42 Å². The van der Waals surface area contributed by atoms with Crippen LogP contribution in [-0.2, 0) is 6.42 Å². The molecule has 2 rings (SSSR count). The Morgan fingerprint density at radius 1 is 1.12 bits per heavy atom. The van der Waals surface area contributed by atoms with E-state index >= 15 is 0 Å². The maximum absolute atomic E-state index is 6.15. The number of hydrogen-bond acceptors (Lipinski definition) is 2. The lowest BCUT2D eigenvalue weighted by atomic mass is 10.0. The summed E-state index contributed by atoms with van der Waals surface area (Å²) in [6.07, 6.45) is 0.812. The molecule has 0 aliphatic rings. The first-order chi connectivity index (χ1) is 8.06. The Morgan fingerprint density at radius 3 is 2.29 bits per heavy atom. The lowest BCUT2D eigenvalue weighted by Crippen LogP contribution is -2.12. The summed E-state index contributed by atoms with van der Waals surface area (Å²) in [7, 11) is 0. The highest BCUT2D eigenvalue weighted by Gasteiger charge is 2.12. The minimum atomic E-state index is -0.0647. The van der Waals surface area contributed by atoms with Crippen molar-refractivity contribution in [1.29, 1.82) is 0 Å². The average Bonchev–Trinajstić information content (AvgIpc) is 2.63. The van der Waals surface area contributed by atoms with Crippen LogP contribution in [0.25, 0.3) is 0 Å². The van der Waals surface area contributed by atoms with Crippen LogP contribution in [0.2, 0.25) is 0 Å².